The average Bonchev–Trinajstić information content (AvgIpc) is 2.57. The number of esters is 1. The molecule has 1 N–H and O–H groups in total. The molecule has 0 spiro atoms. The number of carbonyl (C=O) groups is 3. The van der Waals surface area contributed by atoms with Crippen molar-refractivity contribution in [3.8, 4) is 5.75 Å². The summed E-state index contributed by atoms with van der Waals surface area (Å²) in [6.07, 6.45) is 2.97. The molecule has 1 aliphatic carbocycles. The third-order valence-electron chi connectivity index (χ3n) is 3.74. The summed E-state index contributed by atoms with van der Waals surface area (Å²) in [7, 11) is 2.66. The van der Waals surface area contributed by atoms with Gasteiger partial charge in [-0.3, -0.25) is 14.4 Å². The number of ether oxygens (including phenoxy) is 2. The number of ketones is 2. The van der Waals surface area contributed by atoms with Gasteiger partial charge in [-0.05, 0) is 24.4 Å². The van der Waals surface area contributed by atoms with E-state index in [0.29, 0.717) is 5.75 Å². The van der Waals surface area contributed by atoms with Crippen molar-refractivity contribution >= 4 is 17.5 Å². The maximum atomic E-state index is 12.8. The van der Waals surface area contributed by atoms with Gasteiger partial charge in [0.15, 0.2) is 5.78 Å². The predicted octanol–water partition coefficient (Wildman–Crippen LogP) is 1.23. The Morgan fingerprint density at radius 1 is 1.18 bits per heavy atom. The minimum atomic E-state index is -0.907. The number of allylic oxidation sites excluding steroid dienone is 1. The van der Waals surface area contributed by atoms with Crippen LogP contribution in [0.25, 0.3) is 0 Å². The number of Topliss-reactive ketones (excluding diaryl/α,β-unsaturated/α-hetero) is 2. The fourth-order valence-corrected chi connectivity index (χ4v) is 2.72. The molecular weight excluding hydrogens is 286 g/mol. The van der Waals surface area contributed by atoms with Gasteiger partial charge in [0.25, 0.3) is 0 Å². The highest BCUT2D eigenvalue weighted by atomic mass is 16.5. The second-order valence-electron chi connectivity index (χ2n) is 4.83. The standard InChI is InChI=1S/C16H13NO5/c1-21-10-5-3-4-8-11(10)15(19)12-9(16(20)22-2)6-7-17-13(12)14(8)18/h3-7,9,17H,1-2H3. The Morgan fingerprint density at radius 2 is 1.95 bits per heavy atom. The zero-order valence-corrected chi connectivity index (χ0v) is 12.0. The lowest BCUT2D eigenvalue weighted by molar-refractivity contribution is -0.142. The molecule has 6 nitrogen and oxygen atoms in total. The predicted molar refractivity (Wildman–Crippen MR) is 76.5 cm³/mol. The van der Waals surface area contributed by atoms with Gasteiger partial charge in [-0.25, -0.2) is 0 Å². The Hall–Kier alpha value is -2.89. The Labute approximate surface area is 126 Å². The molecule has 1 atom stereocenters. The number of carbonyl (C=O) groups excluding carboxylic acids is 3. The van der Waals surface area contributed by atoms with Crippen molar-refractivity contribution in [2.24, 2.45) is 5.92 Å². The van der Waals surface area contributed by atoms with Crippen molar-refractivity contribution in [1.82, 2.24) is 5.32 Å². The second kappa shape index (κ2) is 5.14. The van der Waals surface area contributed by atoms with Crippen LogP contribution in [-0.2, 0) is 9.53 Å². The molecule has 3 rings (SSSR count). The molecule has 0 aromatic heterocycles. The first kappa shape index (κ1) is 14.1. The Kier molecular flexibility index (Phi) is 3.29. The van der Waals surface area contributed by atoms with Crippen molar-refractivity contribution in [1.29, 1.82) is 0 Å². The normalized spacial score (nSPS) is 19.3. The zero-order valence-electron chi connectivity index (χ0n) is 12.0. The molecule has 112 valence electrons. The van der Waals surface area contributed by atoms with Gasteiger partial charge in [-0.2, -0.15) is 0 Å². The topological polar surface area (TPSA) is 81.7 Å². The van der Waals surface area contributed by atoms with E-state index in [1.54, 1.807) is 18.2 Å². The highest BCUT2D eigenvalue weighted by Crippen LogP contribution is 2.36. The first-order chi connectivity index (χ1) is 10.6. The zero-order chi connectivity index (χ0) is 15.9. The van der Waals surface area contributed by atoms with Gasteiger partial charge in [-0.15, -0.1) is 0 Å². The number of nitrogens with one attached hydrogen (secondary N) is 1. The molecule has 0 saturated heterocycles. The molecule has 1 aromatic carbocycles. The number of hydrogen-bond acceptors (Lipinski definition) is 6. The maximum Gasteiger partial charge on any atom is 0.317 e. The highest BCUT2D eigenvalue weighted by molar-refractivity contribution is 6.29. The quantitative estimate of drug-likeness (QED) is 0.827. The largest absolute Gasteiger partial charge is 0.496 e. The second-order valence-corrected chi connectivity index (χ2v) is 4.83. The summed E-state index contributed by atoms with van der Waals surface area (Å²) < 4.78 is 9.90. The van der Waals surface area contributed by atoms with Gasteiger partial charge in [0.05, 0.1) is 25.5 Å². The molecule has 1 aromatic rings. The van der Waals surface area contributed by atoms with Crippen LogP contribution < -0.4 is 10.1 Å². The molecule has 0 bridgehead atoms. The van der Waals surface area contributed by atoms with E-state index in [0.717, 1.165) is 0 Å². The first-order valence-corrected chi connectivity index (χ1v) is 6.61. The number of fused-ring (bicyclic) bond motifs is 1. The molecule has 6 heteroatoms. The summed E-state index contributed by atoms with van der Waals surface area (Å²) >= 11 is 0. The van der Waals surface area contributed by atoms with E-state index in [2.05, 4.69) is 5.32 Å². The Balaban J connectivity index is 2.21. The number of benzene rings is 1. The summed E-state index contributed by atoms with van der Waals surface area (Å²) in [5.74, 6) is -1.95. The minimum absolute atomic E-state index is 0.0938. The van der Waals surface area contributed by atoms with Gasteiger partial charge >= 0.3 is 5.97 Å². The van der Waals surface area contributed by atoms with Gasteiger partial charge in [0.2, 0.25) is 5.78 Å². The summed E-state index contributed by atoms with van der Waals surface area (Å²) in [6, 6.07) is 4.81. The minimum Gasteiger partial charge on any atom is -0.496 e. The van der Waals surface area contributed by atoms with Gasteiger partial charge < -0.3 is 14.8 Å². The fourth-order valence-electron chi connectivity index (χ4n) is 2.72. The third-order valence-corrected chi connectivity index (χ3v) is 3.74. The molecule has 1 unspecified atom stereocenters. The van der Waals surface area contributed by atoms with E-state index < -0.39 is 17.7 Å². The monoisotopic (exact) mass is 299 g/mol. The molecule has 1 heterocycles. The Bertz CT molecular complexity index is 760. The van der Waals surface area contributed by atoms with Gasteiger partial charge in [0.1, 0.15) is 11.7 Å². The lowest BCUT2D eigenvalue weighted by Crippen LogP contribution is -2.36. The van der Waals surface area contributed by atoms with E-state index >= 15 is 0 Å². The highest BCUT2D eigenvalue weighted by Gasteiger charge is 2.41. The third kappa shape index (κ3) is 1.84. The molecule has 0 saturated carbocycles. The summed E-state index contributed by atoms with van der Waals surface area (Å²) in [4.78, 5) is 37.4. The molecule has 1 aliphatic heterocycles. The van der Waals surface area contributed by atoms with Crippen molar-refractivity contribution in [3.63, 3.8) is 0 Å². The van der Waals surface area contributed by atoms with Crippen molar-refractivity contribution in [2.75, 3.05) is 14.2 Å². The van der Waals surface area contributed by atoms with E-state index in [9.17, 15) is 14.4 Å². The van der Waals surface area contributed by atoms with E-state index in [4.69, 9.17) is 9.47 Å². The van der Waals surface area contributed by atoms with Gasteiger partial charge in [0, 0.05) is 11.1 Å². The lowest BCUT2D eigenvalue weighted by Gasteiger charge is -2.27. The van der Waals surface area contributed by atoms with Crippen LogP contribution in [0, 0.1) is 5.92 Å². The lowest BCUT2D eigenvalue weighted by atomic mass is 9.79. The Morgan fingerprint density at radius 3 is 2.64 bits per heavy atom. The summed E-state index contributed by atoms with van der Waals surface area (Å²) in [6.45, 7) is 0. The molecular formula is C16H13NO5. The maximum absolute atomic E-state index is 12.8. The number of methoxy groups -OCH3 is 2. The van der Waals surface area contributed by atoms with Crippen LogP contribution in [0.2, 0.25) is 0 Å². The number of rotatable bonds is 2. The van der Waals surface area contributed by atoms with Crippen LogP contribution in [-0.4, -0.2) is 31.8 Å². The van der Waals surface area contributed by atoms with Crippen LogP contribution in [0.1, 0.15) is 20.7 Å². The number of hydrogen-bond donors (Lipinski definition) is 1. The molecule has 22 heavy (non-hydrogen) atoms. The van der Waals surface area contributed by atoms with Crippen LogP contribution in [0.4, 0.5) is 0 Å². The SMILES string of the molecule is COC(=O)C1C=CNC2=C1C(=O)c1c(OC)cccc1C2=O. The molecule has 0 radical (unpaired) electrons. The first-order valence-electron chi connectivity index (χ1n) is 6.61. The van der Waals surface area contributed by atoms with Crippen LogP contribution in [0.15, 0.2) is 41.7 Å². The van der Waals surface area contributed by atoms with Crippen molar-refractivity contribution in [3.05, 3.63) is 52.9 Å². The molecule has 2 aliphatic rings. The molecule has 0 fully saturated rings. The van der Waals surface area contributed by atoms with E-state index in [1.807, 2.05) is 0 Å². The summed E-state index contributed by atoms with van der Waals surface area (Å²) in [5.41, 5.74) is 0.647. The van der Waals surface area contributed by atoms with Crippen molar-refractivity contribution in [2.45, 2.75) is 0 Å². The molecule has 0 amide bonds. The van der Waals surface area contributed by atoms with Crippen LogP contribution >= 0.6 is 0 Å². The van der Waals surface area contributed by atoms with E-state index in [-0.39, 0.29) is 28.2 Å². The van der Waals surface area contributed by atoms with Crippen molar-refractivity contribution < 1.29 is 23.9 Å². The van der Waals surface area contributed by atoms with Gasteiger partial charge in [-0.1, -0.05) is 6.07 Å². The smallest absolute Gasteiger partial charge is 0.317 e. The van der Waals surface area contributed by atoms with Crippen LogP contribution in [0.3, 0.4) is 0 Å². The average molecular weight is 299 g/mol. The number of dihydropyridines is 1. The fraction of sp³-hybridized carbons (Fsp3) is 0.188. The van der Waals surface area contributed by atoms with E-state index in [1.165, 1.54) is 26.5 Å². The summed E-state index contributed by atoms with van der Waals surface area (Å²) in [5, 5.41) is 2.77. The van der Waals surface area contributed by atoms with Crippen LogP contribution in [0.5, 0.6) is 5.75 Å².